The van der Waals surface area contributed by atoms with Crippen molar-refractivity contribution in [2.75, 3.05) is 14.2 Å². The second kappa shape index (κ2) is 6.82. The zero-order valence-electron chi connectivity index (χ0n) is 14.1. The van der Waals surface area contributed by atoms with Gasteiger partial charge in [0.1, 0.15) is 35.5 Å². The molecule has 0 saturated heterocycles. The summed E-state index contributed by atoms with van der Waals surface area (Å²) >= 11 is 0. The normalized spacial score (nSPS) is 15.7. The predicted octanol–water partition coefficient (Wildman–Crippen LogP) is 1.37. The molecular weight excluding hydrogens is 340 g/mol. The van der Waals surface area contributed by atoms with E-state index in [0.29, 0.717) is 17.1 Å². The number of nitrogens with two attached hydrogens (primary N) is 1. The Balaban J connectivity index is 2.39. The minimum Gasteiger partial charge on any atom is -0.496 e. The summed E-state index contributed by atoms with van der Waals surface area (Å²) in [5.74, 6) is -0.323. The van der Waals surface area contributed by atoms with Crippen LogP contribution >= 0.6 is 0 Å². The lowest BCUT2D eigenvalue weighted by atomic mass is 9.86. The van der Waals surface area contributed by atoms with E-state index in [1.54, 1.807) is 18.2 Å². The van der Waals surface area contributed by atoms with Gasteiger partial charge in [0, 0.05) is 6.07 Å². The van der Waals surface area contributed by atoms with Gasteiger partial charge in [0.2, 0.25) is 17.1 Å². The smallest absolute Gasteiger partial charge is 0.228 e. The van der Waals surface area contributed by atoms with Crippen LogP contribution in [0.2, 0.25) is 0 Å². The van der Waals surface area contributed by atoms with E-state index in [-0.39, 0.29) is 28.7 Å². The number of ether oxygens (including phenoxy) is 3. The highest BCUT2D eigenvalue weighted by Gasteiger charge is 2.38. The molecule has 1 aromatic heterocycles. The molecule has 0 bridgehead atoms. The molecule has 0 amide bonds. The third kappa shape index (κ3) is 2.64. The number of nitriles is 1. The first-order chi connectivity index (χ1) is 12.5. The van der Waals surface area contributed by atoms with Gasteiger partial charge in [0.05, 0.1) is 25.7 Å². The zero-order chi connectivity index (χ0) is 18.8. The molecule has 2 aromatic rings. The Morgan fingerprint density at radius 3 is 2.50 bits per heavy atom. The maximum atomic E-state index is 12.4. The summed E-state index contributed by atoms with van der Waals surface area (Å²) < 4.78 is 21.8. The average molecular weight is 356 g/mol. The fourth-order valence-corrected chi connectivity index (χ4v) is 2.92. The fourth-order valence-electron chi connectivity index (χ4n) is 2.92. The van der Waals surface area contributed by atoms with Gasteiger partial charge in [0.15, 0.2) is 5.76 Å². The van der Waals surface area contributed by atoms with Crippen LogP contribution in [0.3, 0.4) is 0 Å². The van der Waals surface area contributed by atoms with Crippen LogP contribution in [0.5, 0.6) is 17.2 Å². The maximum absolute atomic E-state index is 12.4. The molecule has 0 fully saturated rings. The highest BCUT2D eigenvalue weighted by atomic mass is 16.5. The molecule has 1 aliphatic heterocycles. The number of fused-ring (bicyclic) bond motifs is 1. The molecule has 0 saturated carbocycles. The van der Waals surface area contributed by atoms with Crippen molar-refractivity contribution < 1.29 is 23.7 Å². The first-order valence-electron chi connectivity index (χ1n) is 7.61. The third-order valence-electron chi connectivity index (χ3n) is 4.04. The number of aliphatic hydroxyl groups is 1. The summed E-state index contributed by atoms with van der Waals surface area (Å²) in [6, 6.07) is 8.20. The zero-order valence-corrected chi connectivity index (χ0v) is 14.1. The lowest BCUT2D eigenvalue weighted by Crippen LogP contribution is -2.26. The molecule has 8 heteroatoms. The van der Waals surface area contributed by atoms with E-state index in [1.807, 2.05) is 6.07 Å². The third-order valence-corrected chi connectivity index (χ3v) is 4.04. The van der Waals surface area contributed by atoms with Crippen LogP contribution in [-0.4, -0.2) is 19.3 Å². The van der Waals surface area contributed by atoms with Crippen LogP contribution < -0.4 is 25.4 Å². The van der Waals surface area contributed by atoms with Gasteiger partial charge in [-0.1, -0.05) is 6.07 Å². The second-order valence-corrected chi connectivity index (χ2v) is 5.43. The molecule has 134 valence electrons. The minimum absolute atomic E-state index is 0.0361. The van der Waals surface area contributed by atoms with Gasteiger partial charge in [-0.05, 0) is 12.1 Å². The predicted molar refractivity (Wildman–Crippen MR) is 89.7 cm³/mol. The van der Waals surface area contributed by atoms with Crippen molar-refractivity contribution >= 4 is 0 Å². The first kappa shape index (κ1) is 17.4. The van der Waals surface area contributed by atoms with Crippen molar-refractivity contribution in [3.05, 3.63) is 63.0 Å². The lowest BCUT2D eigenvalue weighted by molar-refractivity contribution is 0.231. The van der Waals surface area contributed by atoms with E-state index in [9.17, 15) is 15.2 Å². The number of allylic oxidation sites excluding steroid dienone is 1. The van der Waals surface area contributed by atoms with E-state index in [1.165, 1.54) is 14.2 Å². The van der Waals surface area contributed by atoms with Crippen molar-refractivity contribution in [2.45, 2.75) is 12.5 Å². The highest BCUT2D eigenvalue weighted by Crippen LogP contribution is 2.47. The summed E-state index contributed by atoms with van der Waals surface area (Å²) in [6.07, 6.45) is 0. The van der Waals surface area contributed by atoms with Crippen LogP contribution in [-0.2, 0) is 6.61 Å². The number of aliphatic hydroxyl groups excluding tert-OH is 1. The SMILES string of the molecule is COc1cccc(OC)c1C1C(C#N)=C(N)Oc2c1oc(CO)cc2=O. The van der Waals surface area contributed by atoms with Crippen LogP contribution in [0.15, 0.2) is 44.9 Å². The van der Waals surface area contributed by atoms with Gasteiger partial charge in [-0.2, -0.15) is 5.26 Å². The minimum atomic E-state index is -0.894. The highest BCUT2D eigenvalue weighted by molar-refractivity contribution is 5.59. The summed E-state index contributed by atoms with van der Waals surface area (Å²) in [5, 5.41) is 19.0. The molecule has 8 nitrogen and oxygen atoms in total. The molecule has 0 aliphatic carbocycles. The number of hydrogen-bond acceptors (Lipinski definition) is 8. The van der Waals surface area contributed by atoms with Crippen LogP contribution in [0.1, 0.15) is 23.0 Å². The van der Waals surface area contributed by atoms with Crippen molar-refractivity contribution in [2.24, 2.45) is 5.73 Å². The Morgan fingerprint density at radius 1 is 1.31 bits per heavy atom. The average Bonchev–Trinajstić information content (AvgIpc) is 2.66. The Morgan fingerprint density at radius 2 is 1.96 bits per heavy atom. The van der Waals surface area contributed by atoms with Gasteiger partial charge >= 0.3 is 0 Å². The number of nitrogens with zero attached hydrogens (tertiary/aromatic N) is 1. The molecular formula is C18H16N2O6. The molecule has 2 heterocycles. The van der Waals surface area contributed by atoms with E-state index in [4.69, 9.17) is 24.4 Å². The summed E-state index contributed by atoms with van der Waals surface area (Å²) in [6.45, 7) is -0.487. The first-order valence-corrected chi connectivity index (χ1v) is 7.61. The number of rotatable bonds is 4. The molecule has 1 atom stereocenters. The monoisotopic (exact) mass is 356 g/mol. The topological polar surface area (TPSA) is 128 Å². The summed E-state index contributed by atoms with van der Waals surface area (Å²) in [5.41, 5.74) is 5.86. The van der Waals surface area contributed by atoms with Gasteiger partial charge in [-0.3, -0.25) is 4.79 Å². The van der Waals surface area contributed by atoms with E-state index in [2.05, 4.69) is 0 Å². The number of methoxy groups -OCH3 is 2. The Hall–Kier alpha value is -3.44. The summed E-state index contributed by atoms with van der Waals surface area (Å²) in [7, 11) is 2.94. The molecule has 0 radical (unpaired) electrons. The van der Waals surface area contributed by atoms with Crippen LogP contribution in [0, 0.1) is 11.3 Å². The van der Waals surface area contributed by atoms with Crippen LogP contribution in [0.4, 0.5) is 0 Å². The van der Waals surface area contributed by atoms with Gasteiger partial charge < -0.3 is 29.5 Å². The van der Waals surface area contributed by atoms with E-state index < -0.39 is 18.0 Å². The Labute approximate surface area is 148 Å². The Bertz CT molecular complexity index is 964. The standard InChI is InChI=1S/C18H16N2O6/c1-23-12-4-3-5-13(24-2)15(12)14-10(7-19)18(20)26-16-11(22)6-9(8-21)25-17(14)16/h3-6,14,21H,8,20H2,1-2H3. The molecule has 1 aromatic carbocycles. The van der Waals surface area contributed by atoms with Crippen LogP contribution in [0.25, 0.3) is 0 Å². The molecule has 3 N–H and O–H groups in total. The van der Waals surface area contributed by atoms with Crippen molar-refractivity contribution in [1.82, 2.24) is 0 Å². The fraction of sp³-hybridized carbons (Fsp3) is 0.222. The molecule has 1 unspecified atom stereocenters. The Kier molecular flexibility index (Phi) is 4.56. The maximum Gasteiger partial charge on any atom is 0.228 e. The lowest BCUT2D eigenvalue weighted by Gasteiger charge is -2.26. The molecule has 1 aliphatic rings. The summed E-state index contributed by atoms with van der Waals surface area (Å²) in [4.78, 5) is 12.4. The molecule has 0 spiro atoms. The largest absolute Gasteiger partial charge is 0.496 e. The van der Waals surface area contributed by atoms with E-state index >= 15 is 0 Å². The molecule has 3 rings (SSSR count). The van der Waals surface area contributed by atoms with Crippen molar-refractivity contribution in [1.29, 1.82) is 5.26 Å². The van der Waals surface area contributed by atoms with Gasteiger partial charge in [0.25, 0.3) is 0 Å². The number of hydrogen-bond donors (Lipinski definition) is 2. The van der Waals surface area contributed by atoms with E-state index in [0.717, 1.165) is 6.07 Å². The quantitative estimate of drug-likeness (QED) is 0.840. The molecule has 26 heavy (non-hydrogen) atoms. The van der Waals surface area contributed by atoms with Crippen molar-refractivity contribution in [3.8, 4) is 23.3 Å². The van der Waals surface area contributed by atoms with Crippen molar-refractivity contribution in [3.63, 3.8) is 0 Å². The second-order valence-electron chi connectivity index (χ2n) is 5.43. The van der Waals surface area contributed by atoms with Gasteiger partial charge in [-0.25, -0.2) is 0 Å². The van der Waals surface area contributed by atoms with Gasteiger partial charge in [-0.15, -0.1) is 0 Å². The number of benzene rings is 1.